The molecule has 10 nitrogen and oxygen atoms in total. The zero-order valence-corrected chi connectivity index (χ0v) is 23.2. The molecule has 0 aliphatic carbocycles. The van der Waals surface area contributed by atoms with Gasteiger partial charge >= 0.3 is 0 Å². The lowest BCUT2D eigenvalue weighted by Gasteiger charge is -2.27. The van der Waals surface area contributed by atoms with Gasteiger partial charge in [0.05, 0.1) is 17.8 Å². The maximum atomic E-state index is 14.3. The summed E-state index contributed by atoms with van der Waals surface area (Å²) >= 11 is 0. The Kier molecular flexibility index (Phi) is 10.3. The van der Waals surface area contributed by atoms with Gasteiger partial charge in [-0.1, -0.05) is 27.7 Å². The van der Waals surface area contributed by atoms with E-state index in [1.807, 2.05) is 27.7 Å². The highest BCUT2D eigenvalue weighted by molar-refractivity contribution is 6.11. The number of hydrogen-bond acceptors (Lipinski definition) is 8. The van der Waals surface area contributed by atoms with Crippen LogP contribution in [-0.2, 0) is 18.3 Å². The highest BCUT2D eigenvalue weighted by Crippen LogP contribution is 2.37. The van der Waals surface area contributed by atoms with Crippen molar-refractivity contribution in [2.75, 3.05) is 24.7 Å². The number of pyridine rings is 1. The first-order chi connectivity index (χ1) is 18.2. The summed E-state index contributed by atoms with van der Waals surface area (Å²) in [5.74, 6) is 0.243. The van der Waals surface area contributed by atoms with Crippen molar-refractivity contribution in [2.45, 2.75) is 47.1 Å². The second kappa shape index (κ2) is 13.2. The molecule has 202 valence electrons. The number of nitriles is 1. The molecule has 2 aromatic heterocycles. The maximum absolute atomic E-state index is 14.3. The van der Waals surface area contributed by atoms with E-state index in [0.717, 1.165) is 0 Å². The average Bonchev–Trinajstić information content (AvgIpc) is 3.22. The Morgan fingerprint density at radius 2 is 1.95 bits per heavy atom. The Morgan fingerprint density at radius 1 is 1.26 bits per heavy atom. The van der Waals surface area contributed by atoms with E-state index < -0.39 is 11.9 Å². The van der Waals surface area contributed by atoms with E-state index in [0.29, 0.717) is 46.0 Å². The standard InChI is InChI=1S/C23H23FN8O2.2C2H6/c1-13-16-8-15(24)5-6-18(16)32(12-33)21(29-30(2)3)9-17-22(19(10-25)31(4)28-17)14-7-20(34-13)23(26)27-11-14;2*1-2/h5-8,11-13H,9H2,1-4H3,(H2,26,27);2*1-2H3/b29-21-;;. The molecule has 38 heavy (non-hydrogen) atoms. The number of amidine groups is 1. The lowest BCUT2D eigenvalue weighted by Crippen LogP contribution is -2.34. The Bertz CT molecular complexity index is 1340. The van der Waals surface area contributed by atoms with Gasteiger partial charge in [-0.15, -0.1) is 0 Å². The minimum atomic E-state index is -0.698. The van der Waals surface area contributed by atoms with Crippen molar-refractivity contribution < 1.29 is 13.9 Å². The molecule has 1 aliphatic heterocycles. The number of aromatic nitrogens is 3. The molecule has 2 N–H and O–H groups in total. The lowest BCUT2D eigenvalue weighted by molar-refractivity contribution is -0.106. The van der Waals surface area contributed by atoms with Crippen molar-refractivity contribution in [1.82, 2.24) is 19.8 Å². The fraction of sp³-hybridized carbons (Fsp3) is 0.370. The average molecular weight is 523 g/mol. The summed E-state index contributed by atoms with van der Waals surface area (Å²) in [6.45, 7) is 9.72. The molecule has 3 heterocycles. The van der Waals surface area contributed by atoms with E-state index in [-0.39, 0.29) is 18.0 Å². The number of aryl methyl sites for hydroxylation is 1. The van der Waals surface area contributed by atoms with Crippen molar-refractivity contribution in [2.24, 2.45) is 12.1 Å². The van der Waals surface area contributed by atoms with Crippen LogP contribution in [0.1, 0.15) is 57.7 Å². The molecule has 1 unspecified atom stereocenters. The summed E-state index contributed by atoms with van der Waals surface area (Å²) in [4.78, 5) is 17.9. The molecule has 2 bridgehead atoms. The molecule has 0 saturated heterocycles. The van der Waals surface area contributed by atoms with Gasteiger partial charge in [-0.05, 0) is 31.2 Å². The highest BCUT2D eigenvalue weighted by Gasteiger charge is 2.28. The number of hydrazone groups is 1. The number of carbonyl (C=O) groups is 1. The summed E-state index contributed by atoms with van der Waals surface area (Å²) in [6.07, 6.45) is 1.55. The van der Waals surface area contributed by atoms with Crippen molar-refractivity contribution in [3.05, 3.63) is 53.2 Å². The monoisotopic (exact) mass is 522 g/mol. The Morgan fingerprint density at radius 3 is 2.55 bits per heavy atom. The second-order valence-corrected chi connectivity index (χ2v) is 7.99. The first-order valence-electron chi connectivity index (χ1n) is 12.4. The molecule has 0 spiro atoms. The van der Waals surface area contributed by atoms with Crippen LogP contribution in [0.15, 0.2) is 35.6 Å². The van der Waals surface area contributed by atoms with Gasteiger partial charge in [-0.2, -0.15) is 15.5 Å². The van der Waals surface area contributed by atoms with Crippen LogP contribution in [0, 0.1) is 17.1 Å². The quantitative estimate of drug-likeness (QED) is 0.383. The first-order valence-corrected chi connectivity index (χ1v) is 12.4. The van der Waals surface area contributed by atoms with E-state index in [4.69, 9.17) is 10.5 Å². The predicted molar refractivity (Wildman–Crippen MR) is 147 cm³/mol. The predicted octanol–water partition coefficient (Wildman–Crippen LogP) is 4.66. The van der Waals surface area contributed by atoms with Crippen LogP contribution in [0.25, 0.3) is 11.1 Å². The number of nitrogens with zero attached hydrogens (tertiary/aromatic N) is 7. The van der Waals surface area contributed by atoms with Gasteiger partial charge in [0.15, 0.2) is 11.6 Å². The molecular formula is C27H35FN8O2. The number of anilines is 2. The van der Waals surface area contributed by atoms with Crippen molar-refractivity contribution >= 4 is 23.8 Å². The number of rotatable bonds is 2. The molecule has 1 atom stereocenters. The summed E-state index contributed by atoms with van der Waals surface area (Å²) in [7, 11) is 5.10. The van der Waals surface area contributed by atoms with Gasteiger partial charge in [-0.25, -0.2) is 9.37 Å². The first kappa shape index (κ1) is 29.8. The number of halogens is 1. The number of fused-ring (bicyclic) bond motifs is 5. The van der Waals surface area contributed by atoms with Crippen molar-refractivity contribution in [1.29, 1.82) is 5.26 Å². The van der Waals surface area contributed by atoms with Crippen LogP contribution >= 0.6 is 0 Å². The molecule has 11 heteroatoms. The number of carbonyl (C=O) groups excluding carboxylic acids is 1. The van der Waals surface area contributed by atoms with Gasteiger partial charge < -0.3 is 15.5 Å². The Hall–Kier alpha value is -4.46. The van der Waals surface area contributed by atoms with Crippen LogP contribution in [-0.4, -0.2) is 46.1 Å². The molecular weight excluding hydrogens is 487 g/mol. The van der Waals surface area contributed by atoms with E-state index in [1.54, 1.807) is 39.1 Å². The van der Waals surface area contributed by atoms with E-state index >= 15 is 0 Å². The maximum Gasteiger partial charge on any atom is 0.219 e. The number of benzene rings is 1. The fourth-order valence-electron chi connectivity index (χ4n) is 3.95. The van der Waals surface area contributed by atoms with Gasteiger partial charge in [-0.3, -0.25) is 14.4 Å². The molecule has 0 fully saturated rings. The molecule has 1 amide bonds. The van der Waals surface area contributed by atoms with Gasteiger partial charge in [0.1, 0.15) is 29.5 Å². The minimum absolute atomic E-state index is 0.105. The number of nitrogens with two attached hydrogens (primary N) is 1. The third-order valence-electron chi connectivity index (χ3n) is 5.41. The Labute approximate surface area is 223 Å². The summed E-state index contributed by atoms with van der Waals surface area (Å²) in [5, 5.41) is 20.4. The lowest BCUT2D eigenvalue weighted by atomic mass is 10.0. The van der Waals surface area contributed by atoms with Crippen LogP contribution in [0.4, 0.5) is 15.9 Å². The molecule has 1 aromatic carbocycles. The van der Waals surface area contributed by atoms with Crippen molar-refractivity contribution in [3.8, 4) is 22.9 Å². The topological polar surface area (TPSA) is 126 Å². The van der Waals surface area contributed by atoms with Crippen LogP contribution in [0.2, 0.25) is 0 Å². The number of hydrogen-bond donors (Lipinski definition) is 1. The molecule has 1 aliphatic rings. The molecule has 0 saturated carbocycles. The normalized spacial score (nSPS) is 15.0. The summed E-state index contributed by atoms with van der Waals surface area (Å²) < 4.78 is 21.8. The second-order valence-electron chi connectivity index (χ2n) is 7.99. The minimum Gasteiger partial charge on any atom is -0.482 e. The van der Waals surface area contributed by atoms with Gasteiger partial charge in [0.25, 0.3) is 0 Å². The van der Waals surface area contributed by atoms with E-state index in [1.165, 1.54) is 34.0 Å². The SMILES string of the molecule is CC.CC.CC1Oc2cc(cnc2N)-c2c(nn(C)c2C#N)C/C(=N/N(C)C)N(C=O)c2ccc(F)cc21. The highest BCUT2D eigenvalue weighted by atomic mass is 19.1. The largest absolute Gasteiger partial charge is 0.482 e. The van der Waals surface area contributed by atoms with Crippen LogP contribution in [0.5, 0.6) is 5.75 Å². The zero-order chi connectivity index (χ0) is 28.6. The third kappa shape index (κ3) is 6.08. The van der Waals surface area contributed by atoms with E-state index in [9.17, 15) is 14.4 Å². The summed E-state index contributed by atoms with van der Waals surface area (Å²) in [5.41, 5.74) is 8.79. The van der Waals surface area contributed by atoms with Gasteiger partial charge in [0.2, 0.25) is 6.41 Å². The van der Waals surface area contributed by atoms with Crippen molar-refractivity contribution in [3.63, 3.8) is 0 Å². The number of nitrogen functional groups attached to an aromatic ring is 1. The Balaban J connectivity index is 0.00000121. The molecule has 3 aromatic rings. The summed E-state index contributed by atoms with van der Waals surface area (Å²) in [6, 6.07) is 7.92. The molecule has 4 rings (SSSR count). The van der Waals surface area contributed by atoms with Gasteiger partial charge in [0, 0.05) is 44.0 Å². The number of amides is 1. The molecule has 0 radical (unpaired) electrons. The smallest absolute Gasteiger partial charge is 0.219 e. The van der Waals surface area contributed by atoms with Crippen LogP contribution in [0.3, 0.4) is 0 Å². The fourth-order valence-corrected chi connectivity index (χ4v) is 3.95. The number of ether oxygens (including phenoxy) is 1. The zero-order valence-electron chi connectivity index (χ0n) is 23.2. The van der Waals surface area contributed by atoms with Crippen LogP contribution < -0.4 is 15.4 Å². The van der Waals surface area contributed by atoms with E-state index in [2.05, 4.69) is 21.3 Å². The third-order valence-corrected chi connectivity index (χ3v) is 5.41.